The van der Waals surface area contributed by atoms with Gasteiger partial charge in [-0.3, -0.25) is 0 Å². The molecule has 94 valence electrons. The van der Waals surface area contributed by atoms with Crippen molar-refractivity contribution < 1.29 is 19.7 Å². The second kappa shape index (κ2) is 5.31. The first-order chi connectivity index (χ1) is 8.69. The Morgan fingerprint density at radius 3 is 2.50 bits per heavy atom. The fourth-order valence-corrected chi connectivity index (χ4v) is 1.53. The average molecular weight is 246 g/mol. The number of hydrogen-bond donors (Lipinski definition) is 2. The largest absolute Gasteiger partial charge is 0.508 e. The number of phenols is 2. The summed E-state index contributed by atoms with van der Waals surface area (Å²) in [4.78, 5) is 0. The minimum atomic E-state index is 0.0119. The van der Waals surface area contributed by atoms with E-state index in [1.165, 1.54) is 12.1 Å². The van der Waals surface area contributed by atoms with E-state index in [0.29, 0.717) is 17.1 Å². The van der Waals surface area contributed by atoms with Crippen molar-refractivity contribution in [3.63, 3.8) is 0 Å². The molecule has 0 spiro atoms. The van der Waals surface area contributed by atoms with Gasteiger partial charge >= 0.3 is 0 Å². The molecule has 2 rings (SSSR count). The third-order valence-electron chi connectivity index (χ3n) is 2.50. The number of methoxy groups -OCH3 is 1. The van der Waals surface area contributed by atoms with Gasteiger partial charge in [-0.1, -0.05) is 6.07 Å². The Hall–Kier alpha value is -2.36. The zero-order valence-corrected chi connectivity index (χ0v) is 9.96. The van der Waals surface area contributed by atoms with Crippen LogP contribution in [0.2, 0.25) is 0 Å². The van der Waals surface area contributed by atoms with Crippen molar-refractivity contribution in [3.8, 4) is 23.0 Å². The predicted molar refractivity (Wildman–Crippen MR) is 67.1 cm³/mol. The van der Waals surface area contributed by atoms with Crippen LogP contribution in [0, 0.1) is 0 Å². The molecule has 0 saturated heterocycles. The van der Waals surface area contributed by atoms with Gasteiger partial charge in [-0.15, -0.1) is 0 Å². The molecule has 2 aromatic carbocycles. The van der Waals surface area contributed by atoms with Crippen molar-refractivity contribution in [1.29, 1.82) is 0 Å². The van der Waals surface area contributed by atoms with E-state index in [1.54, 1.807) is 25.3 Å². The molecule has 0 unspecified atom stereocenters. The highest BCUT2D eigenvalue weighted by Crippen LogP contribution is 2.25. The third kappa shape index (κ3) is 2.85. The summed E-state index contributed by atoms with van der Waals surface area (Å²) in [7, 11) is 1.59. The lowest BCUT2D eigenvalue weighted by molar-refractivity contribution is 0.296. The van der Waals surface area contributed by atoms with Gasteiger partial charge < -0.3 is 19.7 Å². The number of phenolic OH excluding ortho intramolecular Hbond substituents is 2. The van der Waals surface area contributed by atoms with E-state index in [0.717, 1.165) is 0 Å². The summed E-state index contributed by atoms with van der Waals surface area (Å²) in [6, 6.07) is 11.6. The summed E-state index contributed by atoms with van der Waals surface area (Å²) in [5.41, 5.74) is 0.607. The number of benzene rings is 2. The maximum atomic E-state index is 9.61. The van der Waals surface area contributed by atoms with Crippen LogP contribution in [0.15, 0.2) is 42.5 Å². The highest BCUT2D eigenvalue weighted by atomic mass is 16.5. The van der Waals surface area contributed by atoms with Crippen molar-refractivity contribution in [2.24, 2.45) is 0 Å². The summed E-state index contributed by atoms with van der Waals surface area (Å²) in [5, 5.41) is 18.8. The summed E-state index contributed by atoms with van der Waals surface area (Å²) in [5.74, 6) is 1.40. The molecule has 0 saturated carbocycles. The average Bonchev–Trinajstić information content (AvgIpc) is 2.38. The number of rotatable bonds is 4. The lowest BCUT2D eigenvalue weighted by atomic mass is 10.2. The van der Waals surface area contributed by atoms with Crippen LogP contribution in [0.4, 0.5) is 0 Å². The molecule has 0 aliphatic carbocycles. The Morgan fingerprint density at radius 1 is 1.00 bits per heavy atom. The summed E-state index contributed by atoms with van der Waals surface area (Å²) in [6.07, 6.45) is 0. The van der Waals surface area contributed by atoms with Crippen molar-refractivity contribution in [2.45, 2.75) is 6.61 Å². The van der Waals surface area contributed by atoms with Gasteiger partial charge in [-0.25, -0.2) is 0 Å². The second-order valence-corrected chi connectivity index (χ2v) is 3.78. The van der Waals surface area contributed by atoms with E-state index >= 15 is 0 Å². The fraction of sp³-hybridized carbons (Fsp3) is 0.143. The highest BCUT2D eigenvalue weighted by molar-refractivity contribution is 5.39. The molecule has 0 aromatic heterocycles. The van der Waals surface area contributed by atoms with Crippen LogP contribution >= 0.6 is 0 Å². The first-order valence-electron chi connectivity index (χ1n) is 5.47. The van der Waals surface area contributed by atoms with Crippen LogP contribution in [0.3, 0.4) is 0 Å². The maximum absolute atomic E-state index is 9.61. The molecule has 0 aliphatic heterocycles. The van der Waals surface area contributed by atoms with Crippen LogP contribution in [0.1, 0.15) is 5.56 Å². The van der Waals surface area contributed by atoms with Gasteiger partial charge in [0.05, 0.1) is 7.11 Å². The molecule has 0 fully saturated rings. The molecule has 2 aromatic rings. The molecule has 2 N–H and O–H groups in total. The molecular formula is C14H14O4. The molecule has 0 radical (unpaired) electrons. The van der Waals surface area contributed by atoms with Crippen LogP contribution in [-0.2, 0) is 6.61 Å². The minimum absolute atomic E-state index is 0.0119. The van der Waals surface area contributed by atoms with E-state index in [4.69, 9.17) is 9.47 Å². The van der Waals surface area contributed by atoms with E-state index in [9.17, 15) is 10.2 Å². The molecule has 0 bridgehead atoms. The molecule has 0 amide bonds. The van der Waals surface area contributed by atoms with Crippen molar-refractivity contribution in [2.75, 3.05) is 7.11 Å². The van der Waals surface area contributed by atoms with Crippen LogP contribution in [0.5, 0.6) is 23.0 Å². The standard InChI is InChI=1S/C14H14O4/c1-17-12-3-2-4-13(8-12)18-9-10-5-6-11(15)7-14(10)16/h2-8,15-16H,9H2,1H3. The van der Waals surface area contributed by atoms with E-state index in [1.807, 2.05) is 12.1 Å². The summed E-state index contributed by atoms with van der Waals surface area (Å²) < 4.78 is 10.6. The Kier molecular flexibility index (Phi) is 3.57. The first kappa shape index (κ1) is 12.1. The number of ether oxygens (including phenoxy) is 2. The molecule has 0 atom stereocenters. The molecule has 4 nitrogen and oxygen atoms in total. The Balaban J connectivity index is 2.06. The Morgan fingerprint density at radius 2 is 1.78 bits per heavy atom. The van der Waals surface area contributed by atoms with Crippen molar-refractivity contribution in [1.82, 2.24) is 0 Å². The van der Waals surface area contributed by atoms with E-state index in [2.05, 4.69) is 0 Å². The zero-order chi connectivity index (χ0) is 13.0. The molecular weight excluding hydrogens is 232 g/mol. The van der Waals surface area contributed by atoms with Gasteiger partial charge in [0, 0.05) is 17.7 Å². The molecule has 0 aliphatic rings. The zero-order valence-electron chi connectivity index (χ0n) is 9.96. The van der Waals surface area contributed by atoms with Crippen LogP contribution < -0.4 is 9.47 Å². The lowest BCUT2D eigenvalue weighted by Gasteiger charge is -2.09. The Bertz CT molecular complexity index is 537. The fourth-order valence-electron chi connectivity index (χ4n) is 1.53. The van der Waals surface area contributed by atoms with E-state index < -0.39 is 0 Å². The molecule has 0 heterocycles. The van der Waals surface area contributed by atoms with Gasteiger partial charge in [-0.05, 0) is 24.3 Å². The quantitative estimate of drug-likeness (QED) is 0.870. The Labute approximate surface area is 105 Å². The van der Waals surface area contributed by atoms with Gasteiger partial charge in [-0.2, -0.15) is 0 Å². The normalized spacial score (nSPS) is 10.1. The van der Waals surface area contributed by atoms with Gasteiger partial charge in [0.25, 0.3) is 0 Å². The van der Waals surface area contributed by atoms with Gasteiger partial charge in [0.1, 0.15) is 29.6 Å². The number of hydrogen-bond acceptors (Lipinski definition) is 4. The highest BCUT2D eigenvalue weighted by Gasteiger charge is 2.04. The number of aromatic hydroxyl groups is 2. The molecule has 18 heavy (non-hydrogen) atoms. The van der Waals surface area contributed by atoms with Crippen molar-refractivity contribution >= 4 is 0 Å². The topological polar surface area (TPSA) is 58.9 Å². The smallest absolute Gasteiger partial charge is 0.125 e. The third-order valence-corrected chi connectivity index (χ3v) is 2.50. The summed E-state index contributed by atoms with van der Waals surface area (Å²) in [6.45, 7) is 0.222. The van der Waals surface area contributed by atoms with Crippen molar-refractivity contribution in [3.05, 3.63) is 48.0 Å². The van der Waals surface area contributed by atoms with E-state index in [-0.39, 0.29) is 18.1 Å². The van der Waals surface area contributed by atoms with Gasteiger partial charge in [0.15, 0.2) is 0 Å². The lowest BCUT2D eigenvalue weighted by Crippen LogP contribution is -1.96. The first-order valence-corrected chi connectivity index (χ1v) is 5.47. The second-order valence-electron chi connectivity index (χ2n) is 3.78. The predicted octanol–water partition coefficient (Wildman–Crippen LogP) is 2.69. The minimum Gasteiger partial charge on any atom is -0.508 e. The SMILES string of the molecule is COc1cccc(OCc2ccc(O)cc2O)c1. The maximum Gasteiger partial charge on any atom is 0.125 e. The monoisotopic (exact) mass is 246 g/mol. The van der Waals surface area contributed by atoms with Crippen LogP contribution in [0.25, 0.3) is 0 Å². The van der Waals surface area contributed by atoms with Crippen LogP contribution in [-0.4, -0.2) is 17.3 Å². The molecule has 4 heteroatoms. The summed E-state index contributed by atoms with van der Waals surface area (Å²) >= 11 is 0. The van der Waals surface area contributed by atoms with Gasteiger partial charge in [0.2, 0.25) is 0 Å².